The molecule has 0 amide bonds. The van der Waals surface area contributed by atoms with Gasteiger partial charge in [0.25, 0.3) is 0 Å². The standard InChI is InChI=1S/C15H13FN2S/c1-17-15(10-3-2-6-18-9-10)14-8-11-7-12(16)4-5-13(11)19-14/h2-9,15,17H,1H3. The molecule has 0 aliphatic heterocycles. The molecule has 0 aliphatic rings. The summed E-state index contributed by atoms with van der Waals surface area (Å²) in [6.07, 6.45) is 3.61. The van der Waals surface area contributed by atoms with Crippen LogP contribution in [0, 0.1) is 5.82 Å². The molecule has 3 rings (SSSR count). The minimum Gasteiger partial charge on any atom is -0.309 e. The minimum atomic E-state index is -0.195. The highest BCUT2D eigenvalue weighted by molar-refractivity contribution is 7.19. The lowest BCUT2D eigenvalue weighted by atomic mass is 10.1. The number of hydrogen-bond donors (Lipinski definition) is 1. The van der Waals surface area contributed by atoms with Crippen molar-refractivity contribution in [3.05, 3.63) is 65.0 Å². The van der Waals surface area contributed by atoms with Crippen molar-refractivity contribution in [2.75, 3.05) is 7.05 Å². The lowest BCUT2D eigenvalue weighted by Gasteiger charge is -2.13. The number of nitrogens with one attached hydrogen (secondary N) is 1. The normalized spacial score (nSPS) is 12.7. The predicted octanol–water partition coefficient (Wildman–Crippen LogP) is 3.74. The second-order valence-electron chi connectivity index (χ2n) is 4.34. The number of halogens is 1. The van der Waals surface area contributed by atoms with Crippen molar-refractivity contribution in [1.29, 1.82) is 0 Å². The van der Waals surface area contributed by atoms with Crippen LogP contribution < -0.4 is 5.32 Å². The molecule has 1 aromatic carbocycles. The van der Waals surface area contributed by atoms with Gasteiger partial charge in [0.15, 0.2) is 0 Å². The van der Waals surface area contributed by atoms with E-state index in [1.165, 1.54) is 6.07 Å². The van der Waals surface area contributed by atoms with Gasteiger partial charge in [-0.1, -0.05) is 6.07 Å². The molecular formula is C15H13FN2S. The lowest BCUT2D eigenvalue weighted by molar-refractivity contribution is 0.630. The van der Waals surface area contributed by atoms with E-state index < -0.39 is 0 Å². The summed E-state index contributed by atoms with van der Waals surface area (Å²) < 4.78 is 14.3. The highest BCUT2D eigenvalue weighted by Crippen LogP contribution is 2.33. The number of rotatable bonds is 3. The van der Waals surface area contributed by atoms with Crippen LogP contribution in [0.15, 0.2) is 48.8 Å². The molecule has 0 saturated heterocycles. The van der Waals surface area contributed by atoms with Crippen molar-refractivity contribution in [3.8, 4) is 0 Å². The summed E-state index contributed by atoms with van der Waals surface area (Å²) in [5, 5.41) is 4.24. The first kappa shape index (κ1) is 12.3. The largest absolute Gasteiger partial charge is 0.309 e. The number of fused-ring (bicyclic) bond motifs is 1. The van der Waals surface area contributed by atoms with Gasteiger partial charge in [-0.2, -0.15) is 0 Å². The van der Waals surface area contributed by atoms with Crippen LogP contribution in [0.4, 0.5) is 4.39 Å². The third-order valence-corrected chi connectivity index (χ3v) is 4.27. The van der Waals surface area contributed by atoms with Crippen molar-refractivity contribution in [2.45, 2.75) is 6.04 Å². The second-order valence-corrected chi connectivity index (χ2v) is 5.45. The van der Waals surface area contributed by atoms with Gasteiger partial charge in [0, 0.05) is 22.0 Å². The maximum atomic E-state index is 13.2. The van der Waals surface area contributed by atoms with Gasteiger partial charge >= 0.3 is 0 Å². The van der Waals surface area contributed by atoms with Crippen LogP contribution >= 0.6 is 11.3 Å². The quantitative estimate of drug-likeness (QED) is 0.785. The summed E-state index contributed by atoms with van der Waals surface area (Å²) in [5.74, 6) is -0.195. The number of aromatic nitrogens is 1. The van der Waals surface area contributed by atoms with Crippen LogP contribution in [-0.4, -0.2) is 12.0 Å². The van der Waals surface area contributed by atoms with Crippen molar-refractivity contribution < 1.29 is 4.39 Å². The van der Waals surface area contributed by atoms with E-state index >= 15 is 0 Å². The average Bonchev–Trinajstić information content (AvgIpc) is 2.83. The molecule has 0 aliphatic carbocycles. The first-order valence-electron chi connectivity index (χ1n) is 6.04. The highest BCUT2D eigenvalue weighted by Gasteiger charge is 2.15. The Morgan fingerprint density at radius 1 is 1.26 bits per heavy atom. The van der Waals surface area contributed by atoms with E-state index in [2.05, 4.69) is 10.3 Å². The fourth-order valence-corrected chi connectivity index (χ4v) is 3.38. The van der Waals surface area contributed by atoms with Gasteiger partial charge in [0.2, 0.25) is 0 Å². The number of nitrogens with zero attached hydrogens (tertiary/aromatic N) is 1. The van der Waals surface area contributed by atoms with E-state index in [-0.39, 0.29) is 11.9 Å². The van der Waals surface area contributed by atoms with E-state index in [4.69, 9.17) is 0 Å². The molecule has 0 saturated carbocycles. The van der Waals surface area contributed by atoms with E-state index in [0.29, 0.717) is 0 Å². The molecule has 0 fully saturated rings. The summed E-state index contributed by atoms with van der Waals surface area (Å²) in [5.41, 5.74) is 1.11. The third-order valence-electron chi connectivity index (χ3n) is 3.09. The molecule has 2 aromatic heterocycles. The summed E-state index contributed by atoms with van der Waals surface area (Å²) in [6, 6.07) is 11.0. The lowest BCUT2D eigenvalue weighted by Crippen LogP contribution is -2.16. The predicted molar refractivity (Wildman–Crippen MR) is 76.9 cm³/mol. The summed E-state index contributed by atoms with van der Waals surface area (Å²) >= 11 is 1.68. The van der Waals surface area contributed by atoms with Gasteiger partial charge in [-0.15, -0.1) is 11.3 Å². The number of benzene rings is 1. The molecular weight excluding hydrogens is 259 g/mol. The van der Waals surface area contributed by atoms with E-state index in [1.807, 2.05) is 37.5 Å². The number of hydrogen-bond acceptors (Lipinski definition) is 3. The molecule has 2 heterocycles. The Hall–Kier alpha value is -1.78. The maximum Gasteiger partial charge on any atom is 0.123 e. The fourth-order valence-electron chi connectivity index (χ4n) is 2.20. The fraction of sp³-hybridized carbons (Fsp3) is 0.133. The van der Waals surface area contributed by atoms with Crippen molar-refractivity contribution in [1.82, 2.24) is 10.3 Å². The molecule has 0 radical (unpaired) electrons. The first-order valence-corrected chi connectivity index (χ1v) is 6.86. The SMILES string of the molecule is CNC(c1cccnc1)c1cc2cc(F)ccc2s1. The smallest absolute Gasteiger partial charge is 0.123 e. The molecule has 4 heteroatoms. The number of thiophene rings is 1. The van der Waals surface area contributed by atoms with Crippen LogP contribution in [0.2, 0.25) is 0 Å². The molecule has 1 atom stereocenters. The van der Waals surface area contributed by atoms with Gasteiger partial charge < -0.3 is 5.32 Å². The molecule has 1 unspecified atom stereocenters. The summed E-state index contributed by atoms with van der Waals surface area (Å²) in [6.45, 7) is 0. The zero-order valence-electron chi connectivity index (χ0n) is 10.4. The average molecular weight is 272 g/mol. The van der Waals surface area contributed by atoms with Crippen LogP contribution in [-0.2, 0) is 0 Å². The minimum absolute atomic E-state index is 0.0918. The van der Waals surface area contributed by atoms with E-state index in [9.17, 15) is 4.39 Å². The summed E-state index contributed by atoms with van der Waals surface area (Å²) in [4.78, 5) is 5.31. The monoisotopic (exact) mass is 272 g/mol. The first-order chi connectivity index (χ1) is 9.28. The molecule has 19 heavy (non-hydrogen) atoms. The molecule has 3 aromatic rings. The van der Waals surface area contributed by atoms with Crippen LogP contribution in [0.1, 0.15) is 16.5 Å². The second kappa shape index (κ2) is 5.07. The molecule has 1 N–H and O–H groups in total. The van der Waals surface area contributed by atoms with E-state index in [0.717, 1.165) is 20.5 Å². The van der Waals surface area contributed by atoms with Gasteiger partial charge in [-0.25, -0.2) is 4.39 Å². The van der Waals surface area contributed by atoms with Gasteiger partial charge in [0.1, 0.15) is 5.82 Å². The van der Waals surface area contributed by atoms with Crippen LogP contribution in [0.5, 0.6) is 0 Å². The maximum absolute atomic E-state index is 13.2. The third kappa shape index (κ3) is 2.37. The van der Waals surface area contributed by atoms with Crippen LogP contribution in [0.3, 0.4) is 0 Å². The van der Waals surface area contributed by atoms with Gasteiger partial charge in [0.05, 0.1) is 6.04 Å². The topological polar surface area (TPSA) is 24.9 Å². The molecule has 0 bridgehead atoms. The molecule has 96 valence electrons. The zero-order chi connectivity index (χ0) is 13.2. The van der Waals surface area contributed by atoms with Gasteiger partial charge in [-0.05, 0) is 48.3 Å². The Kier molecular flexibility index (Phi) is 3.27. The summed E-state index contributed by atoms with van der Waals surface area (Å²) in [7, 11) is 1.92. The van der Waals surface area contributed by atoms with Gasteiger partial charge in [-0.3, -0.25) is 4.98 Å². The van der Waals surface area contributed by atoms with Crippen molar-refractivity contribution in [3.63, 3.8) is 0 Å². The molecule has 2 nitrogen and oxygen atoms in total. The Balaban J connectivity index is 2.07. The Morgan fingerprint density at radius 3 is 2.89 bits per heavy atom. The van der Waals surface area contributed by atoms with Crippen molar-refractivity contribution >= 4 is 21.4 Å². The highest BCUT2D eigenvalue weighted by atomic mass is 32.1. The molecule has 0 spiro atoms. The Bertz CT molecular complexity index is 694. The Morgan fingerprint density at radius 2 is 2.16 bits per heavy atom. The van der Waals surface area contributed by atoms with Crippen LogP contribution in [0.25, 0.3) is 10.1 Å². The number of pyridine rings is 1. The zero-order valence-corrected chi connectivity index (χ0v) is 11.2. The van der Waals surface area contributed by atoms with E-state index in [1.54, 1.807) is 23.6 Å². The van der Waals surface area contributed by atoms with Crippen molar-refractivity contribution in [2.24, 2.45) is 0 Å². The Labute approximate surface area is 114 Å².